The van der Waals surface area contributed by atoms with Crippen molar-refractivity contribution in [2.45, 2.75) is 38.3 Å². The van der Waals surface area contributed by atoms with E-state index in [4.69, 9.17) is 10.6 Å². The van der Waals surface area contributed by atoms with E-state index < -0.39 is 0 Å². The monoisotopic (exact) mass is 349 g/mol. The van der Waals surface area contributed by atoms with E-state index in [1.54, 1.807) is 7.11 Å². The lowest BCUT2D eigenvalue weighted by atomic mass is 10.2. The quantitative estimate of drug-likeness (QED) is 0.561. The molecule has 1 amide bonds. The number of unbranched alkanes of at least 4 members (excludes halogenated alkanes) is 1. The Bertz CT molecular complexity index is 702. The fourth-order valence-corrected chi connectivity index (χ4v) is 2.82. The first-order valence-corrected chi connectivity index (χ1v) is 8.80. The van der Waals surface area contributed by atoms with Crippen LogP contribution in [0.3, 0.4) is 0 Å². The maximum absolute atomic E-state index is 12.2. The molecule has 1 aromatic carbocycles. The van der Waals surface area contributed by atoms with Crippen LogP contribution in [0.5, 0.6) is 5.75 Å². The second-order valence-corrected chi connectivity index (χ2v) is 6.36. The Kier molecular flexibility index (Phi) is 6.48. The molecule has 0 radical (unpaired) electrons. The zero-order valence-electron chi connectivity index (χ0n) is 14.2. The average Bonchev–Trinajstić information content (AvgIpc) is 2.91. The molecule has 8 heteroatoms. The van der Waals surface area contributed by atoms with Crippen LogP contribution in [0.2, 0.25) is 0 Å². The highest BCUT2D eigenvalue weighted by Crippen LogP contribution is 2.25. The summed E-state index contributed by atoms with van der Waals surface area (Å²) in [7, 11) is 1.57. The number of ether oxygens (including phenoxy) is 1. The highest BCUT2D eigenvalue weighted by molar-refractivity contribution is 7.99. The normalized spacial score (nSPS) is 10.6. The van der Waals surface area contributed by atoms with Gasteiger partial charge in [0.15, 0.2) is 5.82 Å². The van der Waals surface area contributed by atoms with Crippen LogP contribution < -0.4 is 15.9 Å². The van der Waals surface area contributed by atoms with Gasteiger partial charge in [0, 0.05) is 6.42 Å². The zero-order valence-corrected chi connectivity index (χ0v) is 15.0. The minimum absolute atomic E-state index is 0.151. The minimum Gasteiger partial charge on any atom is -0.495 e. The summed E-state index contributed by atoms with van der Waals surface area (Å²) in [5.41, 5.74) is 1.70. The molecule has 130 valence electrons. The summed E-state index contributed by atoms with van der Waals surface area (Å²) < 4.78 is 6.72. The first-order chi connectivity index (χ1) is 11.5. The third-order valence-electron chi connectivity index (χ3n) is 3.45. The molecule has 3 N–H and O–H groups in total. The lowest BCUT2D eigenvalue weighted by Gasteiger charge is -2.10. The number of benzene rings is 1. The Morgan fingerprint density at radius 2 is 2.21 bits per heavy atom. The van der Waals surface area contributed by atoms with Crippen molar-refractivity contribution in [3.63, 3.8) is 0 Å². The van der Waals surface area contributed by atoms with E-state index in [9.17, 15) is 4.79 Å². The largest absolute Gasteiger partial charge is 0.495 e. The predicted octanol–water partition coefficient (Wildman–Crippen LogP) is 2.38. The summed E-state index contributed by atoms with van der Waals surface area (Å²) >= 11 is 1.26. The molecule has 0 fully saturated rings. The Morgan fingerprint density at radius 1 is 1.42 bits per heavy atom. The highest BCUT2D eigenvalue weighted by Gasteiger charge is 2.13. The molecule has 2 rings (SSSR count). The van der Waals surface area contributed by atoms with Crippen LogP contribution in [-0.2, 0) is 11.2 Å². The summed E-state index contributed by atoms with van der Waals surface area (Å²) in [5, 5.41) is 11.5. The van der Waals surface area contributed by atoms with Crippen molar-refractivity contribution in [1.29, 1.82) is 0 Å². The van der Waals surface area contributed by atoms with E-state index in [-0.39, 0.29) is 11.7 Å². The first kappa shape index (κ1) is 18.1. The number of nitrogens with zero attached hydrogens (tertiary/aromatic N) is 3. The first-order valence-electron chi connectivity index (χ1n) is 7.81. The van der Waals surface area contributed by atoms with E-state index in [1.165, 1.54) is 16.4 Å². The number of carbonyl (C=O) groups excluding carboxylic acids is 1. The van der Waals surface area contributed by atoms with Gasteiger partial charge < -0.3 is 15.9 Å². The number of amides is 1. The fourth-order valence-electron chi connectivity index (χ4n) is 2.15. The Hall–Kier alpha value is -2.22. The molecule has 0 aliphatic heterocycles. The predicted molar refractivity (Wildman–Crippen MR) is 95.9 cm³/mol. The number of hydrogen-bond acceptors (Lipinski definition) is 6. The summed E-state index contributed by atoms with van der Waals surface area (Å²) in [6, 6.07) is 5.63. The van der Waals surface area contributed by atoms with Gasteiger partial charge >= 0.3 is 0 Å². The van der Waals surface area contributed by atoms with Gasteiger partial charge in [0.05, 0.1) is 18.6 Å². The summed E-state index contributed by atoms with van der Waals surface area (Å²) in [6.45, 7) is 4.06. The maximum atomic E-state index is 12.2. The van der Waals surface area contributed by atoms with Gasteiger partial charge in [0.25, 0.3) is 0 Å². The van der Waals surface area contributed by atoms with Crippen molar-refractivity contribution in [2.75, 3.05) is 24.0 Å². The minimum atomic E-state index is -0.151. The number of aromatic nitrogens is 3. The van der Waals surface area contributed by atoms with Crippen LogP contribution >= 0.6 is 11.8 Å². The third kappa shape index (κ3) is 4.64. The standard InChI is InChI=1S/C16H23N5O2S/c1-4-5-6-14-19-20-16(21(14)17)24-10-15(22)18-12-9-11(2)7-8-13(12)23-3/h7-9H,4-6,10,17H2,1-3H3,(H,18,22). The number of rotatable bonds is 8. The molecule has 0 saturated carbocycles. The van der Waals surface area contributed by atoms with Gasteiger partial charge in [-0.3, -0.25) is 4.79 Å². The molecule has 0 aliphatic rings. The van der Waals surface area contributed by atoms with Crippen molar-refractivity contribution in [3.05, 3.63) is 29.6 Å². The number of anilines is 1. The molecular formula is C16H23N5O2S. The van der Waals surface area contributed by atoms with Crippen molar-refractivity contribution >= 4 is 23.4 Å². The van der Waals surface area contributed by atoms with Gasteiger partial charge in [-0.1, -0.05) is 31.2 Å². The van der Waals surface area contributed by atoms with Gasteiger partial charge in [-0.15, -0.1) is 10.2 Å². The molecular weight excluding hydrogens is 326 g/mol. The van der Waals surface area contributed by atoms with Gasteiger partial charge in [-0.25, -0.2) is 4.68 Å². The molecule has 1 aromatic heterocycles. The average molecular weight is 349 g/mol. The smallest absolute Gasteiger partial charge is 0.234 e. The van der Waals surface area contributed by atoms with Gasteiger partial charge in [-0.05, 0) is 31.0 Å². The number of thioether (sulfide) groups is 1. The second kappa shape index (κ2) is 8.58. The number of nitrogens with two attached hydrogens (primary N) is 1. The molecule has 0 spiro atoms. The molecule has 0 bridgehead atoms. The van der Waals surface area contributed by atoms with Crippen LogP contribution in [0.15, 0.2) is 23.4 Å². The number of hydrogen-bond donors (Lipinski definition) is 2. The molecule has 1 heterocycles. The van der Waals surface area contributed by atoms with E-state index in [1.807, 2.05) is 25.1 Å². The Morgan fingerprint density at radius 3 is 2.92 bits per heavy atom. The number of nitrogens with one attached hydrogen (secondary N) is 1. The molecule has 0 saturated heterocycles. The number of aryl methyl sites for hydroxylation is 2. The van der Waals surface area contributed by atoms with E-state index in [2.05, 4.69) is 22.4 Å². The van der Waals surface area contributed by atoms with Crippen LogP contribution in [0.25, 0.3) is 0 Å². The van der Waals surface area contributed by atoms with E-state index >= 15 is 0 Å². The molecule has 7 nitrogen and oxygen atoms in total. The SMILES string of the molecule is CCCCc1nnc(SCC(=O)Nc2cc(C)ccc2OC)n1N. The lowest BCUT2D eigenvalue weighted by Crippen LogP contribution is -2.17. The maximum Gasteiger partial charge on any atom is 0.234 e. The Labute approximate surface area is 145 Å². The van der Waals surface area contributed by atoms with E-state index in [0.29, 0.717) is 16.6 Å². The number of carbonyl (C=O) groups is 1. The van der Waals surface area contributed by atoms with Gasteiger partial charge in [0.2, 0.25) is 11.1 Å². The lowest BCUT2D eigenvalue weighted by molar-refractivity contribution is -0.113. The van der Waals surface area contributed by atoms with Crippen LogP contribution in [0.1, 0.15) is 31.2 Å². The third-order valence-corrected chi connectivity index (χ3v) is 4.39. The topological polar surface area (TPSA) is 95.1 Å². The molecule has 0 atom stereocenters. The zero-order chi connectivity index (χ0) is 17.5. The van der Waals surface area contributed by atoms with Gasteiger partial charge in [-0.2, -0.15) is 0 Å². The highest BCUT2D eigenvalue weighted by atomic mass is 32.2. The van der Waals surface area contributed by atoms with E-state index in [0.717, 1.165) is 30.7 Å². The van der Waals surface area contributed by atoms with Gasteiger partial charge in [0.1, 0.15) is 5.75 Å². The molecule has 24 heavy (non-hydrogen) atoms. The van der Waals surface area contributed by atoms with Crippen molar-refractivity contribution in [2.24, 2.45) is 0 Å². The fraction of sp³-hybridized carbons (Fsp3) is 0.438. The van der Waals surface area contributed by atoms with Crippen LogP contribution in [-0.4, -0.2) is 33.6 Å². The van der Waals surface area contributed by atoms with Crippen molar-refractivity contribution in [1.82, 2.24) is 14.9 Å². The second-order valence-electron chi connectivity index (χ2n) is 5.41. The molecule has 0 unspecified atom stereocenters. The van der Waals surface area contributed by atoms with Crippen LogP contribution in [0.4, 0.5) is 5.69 Å². The summed E-state index contributed by atoms with van der Waals surface area (Å²) in [4.78, 5) is 12.2. The summed E-state index contributed by atoms with van der Waals surface area (Å²) in [6.07, 6.45) is 2.86. The molecule has 2 aromatic rings. The van der Waals surface area contributed by atoms with Crippen molar-refractivity contribution in [3.8, 4) is 5.75 Å². The summed E-state index contributed by atoms with van der Waals surface area (Å²) in [5.74, 6) is 7.38. The molecule has 0 aliphatic carbocycles. The Balaban J connectivity index is 1.94. The van der Waals surface area contributed by atoms with Crippen molar-refractivity contribution < 1.29 is 9.53 Å². The number of nitrogen functional groups attached to an aromatic ring is 1. The van der Waals surface area contributed by atoms with Crippen LogP contribution in [0, 0.1) is 6.92 Å². The number of methoxy groups -OCH3 is 1.